The summed E-state index contributed by atoms with van der Waals surface area (Å²) in [6.45, 7) is 22.4. The first kappa shape index (κ1) is 19.2. The minimum Gasteiger partial charge on any atom is -0.384 e. The molecule has 0 aliphatic carbocycles. The number of rotatable bonds is 11. The Kier molecular flexibility index (Phi) is 8.88. The zero-order valence-corrected chi connectivity index (χ0v) is 14.6. The van der Waals surface area contributed by atoms with Gasteiger partial charge in [0.25, 0.3) is 0 Å². The highest BCUT2D eigenvalue weighted by molar-refractivity contribution is 4.98. The molecule has 0 radical (unpaired) electrons. The van der Waals surface area contributed by atoms with Gasteiger partial charge in [-0.05, 0) is 65.8 Å². The summed E-state index contributed by atoms with van der Waals surface area (Å²) in [6, 6.07) is 0.507. The molecule has 0 saturated carbocycles. The van der Waals surface area contributed by atoms with Gasteiger partial charge in [0.1, 0.15) is 0 Å². The molecule has 0 aromatic carbocycles. The molecule has 118 valence electrons. The van der Waals surface area contributed by atoms with Gasteiger partial charge in [0, 0.05) is 17.3 Å². The number of allylic oxidation sites excluding steroid dienone is 1. The first-order chi connectivity index (χ1) is 9.12. The van der Waals surface area contributed by atoms with Gasteiger partial charge in [-0.2, -0.15) is 0 Å². The van der Waals surface area contributed by atoms with Crippen molar-refractivity contribution in [2.24, 2.45) is 5.92 Å². The molecule has 0 amide bonds. The van der Waals surface area contributed by atoms with Gasteiger partial charge in [0.15, 0.2) is 0 Å². The molecule has 0 aromatic heterocycles. The third kappa shape index (κ3) is 11.1. The normalized spacial score (nSPS) is 13.3. The lowest BCUT2D eigenvalue weighted by molar-refractivity contribution is 0.368. The Balaban J connectivity index is 3.94. The largest absolute Gasteiger partial charge is 0.384 e. The molecule has 1 unspecified atom stereocenters. The highest BCUT2D eigenvalue weighted by Gasteiger charge is 2.17. The van der Waals surface area contributed by atoms with Crippen LogP contribution < -0.4 is 10.6 Å². The molecular formula is C18H36N2. The van der Waals surface area contributed by atoms with Crippen LogP contribution in [0.15, 0.2) is 24.4 Å². The van der Waals surface area contributed by atoms with E-state index in [4.69, 9.17) is 0 Å². The van der Waals surface area contributed by atoms with Gasteiger partial charge < -0.3 is 10.6 Å². The smallest absolute Gasteiger partial charge is 0.0326 e. The van der Waals surface area contributed by atoms with Crippen molar-refractivity contribution in [3.05, 3.63) is 24.4 Å². The molecule has 0 rings (SSSR count). The van der Waals surface area contributed by atoms with Gasteiger partial charge in [0.2, 0.25) is 0 Å². The average molecular weight is 280 g/mol. The number of hydrogen-bond donors (Lipinski definition) is 2. The molecule has 0 aliphatic heterocycles. The summed E-state index contributed by atoms with van der Waals surface area (Å²) in [7, 11) is 0. The maximum Gasteiger partial charge on any atom is 0.0326 e. The Morgan fingerprint density at radius 3 is 2.25 bits per heavy atom. The maximum atomic E-state index is 4.15. The van der Waals surface area contributed by atoms with Crippen molar-refractivity contribution >= 4 is 0 Å². The Morgan fingerprint density at radius 1 is 1.15 bits per heavy atom. The molecule has 2 heteroatoms. The van der Waals surface area contributed by atoms with Crippen LogP contribution in [-0.4, -0.2) is 18.1 Å². The minimum absolute atomic E-state index is 0.101. The van der Waals surface area contributed by atoms with Crippen LogP contribution in [0.4, 0.5) is 0 Å². The second-order valence-corrected chi connectivity index (χ2v) is 7.31. The Hall–Kier alpha value is -0.760. The predicted octanol–water partition coefficient (Wildman–Crippen LogP) is 4.64. The lowest BCUT2D eigenvalue weighted by atomic mass is 9.98. The fourth-order valence-corrected chi connectivity index (χ4v) is 2.29. The van der Waals surface area contributed by atoms with Gasteiger partial charge in [-0.1, -0.05) is 26.0 Å². The van der Waals surface area contributed by atoms with Crippen molar-refractivity contribution in [2.75, 3.05) is 6.54 Å². The summed E-state index contributed by atoms with van der Waals surface area (Å²) in [5.41, 5.74) is 2.51. The summed E-state index contributed by atoms with van der Waals surface area (Å²) < 4.78 is 0. The predicted molar refractivity (Wildman–Crippen MR) is 91.9 cm³/mol. The fraction of sp³-hybridized carbons (Fsp3) is 0.778. The van der Waals surface area contributed by atoms with E-state index in [1.165, 1.54) is 17.7 Å². The zero-order valence-electron chi connectivity index (χ0n) is 14.6. The first-order valence-electron chi connectivity index (χ1n) is 7.96. The van der Waals surface area contributed by atoms with E-state index in [0.29, 0.717) is 6.04 Å². The highest BCUT2D eigenvalue weighted by Crippen LogP contribution is 2.14. The van der Waals surface area contributed by atoms with E-state index in [1.54, 1.807) is 0 Å². The van der Waals surface area contributed by atoms with Crippen LogP contribution >= 0.6 is 0 Å². The van der Waals surface area contributed by atoms with Crippen LogP contribution in [0.25, 0.3) is 0 Å². The van der Waals surface area contributed by atoms with Gasteiger partial charge in [0.05, 0.1) is 0 Å². The summed E-state index contributed by atoms with van der Waals surface area (Å²) in [4.78, 5) is 0. The van der Waals surface area contributed by atoms with E-state index in [1.807, 2.05) is 0 Å². The molecule has 0 aromatic rings. The molecule has 2 N–H and O–H groups in total. The summed E-state index contributed by atoms with van der Waals surface area (Å²) >= 11 is 0. The summed E-state index contributed by atoms with van der Waals surface area (Å²) in [6.07, 6.45) is 4.42. The molecule has 0 fully saturated rings. The summed E-state index contributed by atoms with van der Waals surface area (Å²) in [5.74, 6) is 0.737. The topological polar surface area (TPSA) is 24.1 Å². The number of nitrogens with one attached hydrogen (secondary N) is 2. The van der Waals surface area contributed by atoms with Gasteiger partial charge in [-0.3, -0.25) is 0 Å². The monoisotopic (exact) mass is 280 g/mol. The van der Waals surface area contributed by atoms with E-state index in [9.17, 15) is 0 Å². The van der Waals surface area contributed by atoms with Crippen molar-refractivity contribution in [3.8, 4) is 0 Å². The lowest BCUT2D eigenvalue weighted by Gasteiger charge is -2.30. The van der Waals surface area contributed by atoms with Gasteiger partial charge >= 0.3 is 0 Å². The van der Waals surface area contributed by atoms with Crippen molar-refractivity contribution in [2.45, 2.75) is 78.8 Å². The quantitative estimate of drug-likeness (QED) is 0.539. The van der Waals surface area contributed by atoms with Crippen LogP contribution in [-0.2, 0) is 0 Å². The van der Waals surface area contributed by atoms with Crippen molar-refractivity contribution in [1.29, 1.82) is 0 Å². The maximum absolute atomic E-state index is 4.15. The van der Waals surface area contributed by atoms with Crippen LogP contribution in [0.1, 0.15) is 67.2 Å². The molecule has 0 saturated heterocycles. The van der Waals surface area contributed by atoms with Crippen molar-refractivity contribution < 1.29 is 0 Å². The number of hydrogen-bond acceptors (Lipinski definition) is 2. The summed E-state index contributed by atoms with van der Waals surface area (Å²) in [5, 5.41) is 7.14. The zero-order chi connectivity index (χ0) is 15.8. The standard InChI is InChI=1S/C18H36N2/c1-14(2)9-10-16(5)20-18(7,8)11-12-19-17(6)13-15(3)4/h14,17,19-20H,3,5,9-13H2,1-2,4,6-8H3. The molecular weight excluding hydrogens is 244 g/mol. The Labute approximate surface area is 127 Å². The third-order valence-corrected chi connectivity index (χ3v) is 3.44. The second-order valence-electron chi connectivity index (χ2n) is 7.31. The Morgan fingerprint density at radius 2 is 1.75 bits per heavy atom. The van der Waals surface area contributed by atoms with E-state index in [-0.39, 0.29) is 5.54 Å². The van der Waals surface area contributed by atoms with Crippen LogP contribution in [0, 0.1) is 5.92 Å². The molecule has 2 nitrogen and oxygen atoms in total. The molecule has 1 atom stereocenters. The van der Waals surface area contributed by atoms with Crippen molar-refractivity contribution in [1.82, 2.24) is 10.6 Å². The first-order valence-corrected chi connectivity index (χ1v) is 7.96. The highest BCUT2D eigenvalue weighted by atomic mass is 15.0. The second kappa shape index (κ2) is 9.23. The van der Waals surface area contributed by atoms with E-state index in [2.05, 4.69) is 65.3 Å². The molecule has 0 bridgehead atoms. The fourth-order valence-electron chi connectivity index (χ4n) is 2.29. The molecule has 0 spiro atoms. The molecule has 20 heavy (non-hydrogen) atoms. The lowest BCUT2D eigenvalue weighted by Crippen LogP contribution is -2.42. The van der Waals surface area contributed by atoms with Crippen molar-refractivity contribution in [3.63, 3.8) is 0 Å². The van der Waals surface area contributed by atoms with Gasteiger partial charge in [-0.15, -0.1) is 6.58 Å². The third-order valence-electron chi connectivity index (χ3n) is 3.44. The van der Waals surface area contributed by atoms with E-state index < -0.39 is 0 Å². The average Bonchev–Trinajstić information content (AvgIpc) is 2.24. The van der Waals surface area contributed by atoms with E-state index in [0.717, 1.165) is 31.7 Å². The van der Waals surface area contributed by atoms with Gasteiger partial charge in [-0.25, -0.2) is 0 Å². The molecule has 0 aliphatic rings. The minimum atomic E-state index is 0.101. The van der Waals surface area contributed by atoms with Crippen LogP contribution in [0.2, 0.25) is 0 Å². The molecule has 0 heterocycles. The van der Waals surface area contributed by atoms with Crippen LogP contribution in [0.5, 0.6) is 0 Å². The SMILES string of the molecule is C=C(C)CC(C)NCCC(C)(C)NC(=C)CCC(C)C. The van der Waals surface area contributed by atoms with E-state index >= 15 is 0 Å². The Bertz CT molecular complexity index is 303. The van der Waals surface area contributed by atoms with Crippen LogP contribution in [0.3, 0.4) is 0 Å².